The molecule has 1 N–H and O–H groups in total. The van der Waals surface area contributed by atoms with E-state index in [2.05, 4.69) is 42.4 Å². The summed E-state index contributed by atoms with van der Waals surface area (Å²) in [5, 5.41) is 24.8. The van der Waals surface area contributed by atoms with Crippen molar-refractivity contribution in [1.82, 2.24) is 30.1 Å². The molecule has 11 nitrogen and oxygen atoms in total. The number of nitrogens with zero attached hydrogens (tertiary/aromatic N) is 7. The number of anilines is 1. The van der Waals surface area contributed by atoms with Crippen LogP contribution in [-0.2, 0) is 13.0 Å². The summed E-state index contributed by atoms with van der Waals surface area (Å²) in [6.07, 6.45) is 0.757. The van der Waals surface area contributed by atoms with Crippen molar-refractivity contribution >= 4 is 22.3 Å². The number of aromatic amines is 1. The number of benzene rings is 3. The average molecular weight is 551 g/mol. The van der Waals surface area contributed by atoms with Gasteiger partial charge in [0, 0.05) is 56.1 Å². The topological polar surface area (TPSA) is 126 Å². The van der Waals surface area contributed by atoms with Crippen LogP contribution >= 0.6 is 0 Å². The lowest BCUT2D eigenvalue weighted by atomic mass is 10.0. The van der Waals surface area contributed by atoms with Crippen LogP contribution in [-0.4, -0.2) is 61.2 Å². The molecule has 41 heavy (non-hydrogen) atoms. The fourth-order valence-corrected chi connectivity index (χ4v) is 5.57. The fraction of sp³-hybridized carbons (Fsp3) is 0.267. The summed E-state index contributed by atoms with van der Waals surface area (Å²) in [5.41, 5.74) is 4.45. The number of aryl methyl sites for hydroxylation is 3. The molecule has 2 aromatic heterocycles. The number of nitro benzene ring substituents is 1. The van der Waals surface area contributed by atoms with Crippen LogP contribution in [0.25, 0.3) is 10.9 Å². The summed E-state index contributed by atoms with van der Waals surface area (Å²) in [6.45, 7) is 5.24. The SMILES string of the molecule is Cc1cccc2cc([C@H](c3nnnn3CCc3ccccc3)N3CCN(c4ccc([N+](=O)[O-])cc4)CC3)c(=O)[nH]c12. The van der Waals surface area contributed by atoms with E-state index >= 15 is 0 Å². The summed E-state index contributed by atoms with van der Waals surface area (Å²) in [6, 6.07) is 24.3. The van der Waals surface area contributed by atoms with Gasteiger partial charge in [0.2, 0.25) is 0 Å². The third-order valence-electron chi connectivity index (χ3n) is 7.78. The van der Waals surface area contributed by atoms with Gasteiger partial charge in [-0.3, -0.25) is 19.8 Å². The number of aromatic nitrogens is 5. The van der Waals surface area contributed by atoms with Crippen LogP contribution < -0.4 is 10.5 Å². The number of fused-ring (bicyclic) bond motifs is 1. The third-order valence-corrected chi connectivity index (χ3v) is 7.78. The lowest BCUT2D eigenvalue weighted by Gasteiger charge is -2.39. The van der Waals surface area contributed by atoms with Crippen molar-refractivity contribution < 1.29 is 4.92 Å². The highest BCUT2D eigenvalue weighted by Crippen LogP contribution is 2.30. The lowest BCUT2D eigenvalue weighted by molar-refractivity contribution is -0.384. The quantitative estimate of drug-likeness (QED) is 0.228. The van der Waals surface area contributed by atoms with E-state index in [1.807, 2.05) is 49.4 Å². The molecule has 1 fully saturated rings. The van der Waals surface area contributed by atoms with Crippen molar-refractivity contribution in [3.8, 4) is 0 Å². The Hall–Kier alpha value is -4.90. The van der Waals surface area contributed by atoms with Gasteiger partial charge >= 0.3 is 0 Å². The Balaban J connectivity index is 1.32. The molecule has 5 aromatic rings. The Kier molecular flexibility index (Phi) is 7.26. The number of rotatable bonds is 8. The Bertz CT molecular complexity index is 1720. The minimum Gasteiger partial charge on any atom is -0.369 e. The van der Waals surface area contributed by atoms with Crippen LogP contribution in [0.3, 0.4) is 0 Å². The average Bonchev–Trinajstić information content (AvgIpc) is 3.46. The number of non-ortho nitro benzene ring substituents is 1. The smallest absolute Gasteiger partial charge is 0.269 e. The maximum atomic E-state index is 13.6. The van der Waals surface area contributed by atoms with Gasteiger partial charge in [-0.05, 0) is 58.5 Å². The maximum absolute atomic E-state index is 13.6. The minimum absolute atomic E-state index is 0.0700. The van der Waals surface area contributed by atoms with E-state index in [0.29, 0.717) is 44.1 Å². The van der Waals surface area contributed by atoms with E-state index in [9.17, 15) is 14.9 Å². The molecule has 0 saturated carbocycles. The molecule has 0 amide bonds. The Morgan fingerprint density at radius 2 is 1.73 bits per heavy atom. The second-order valence-electron chi connectivity index (χ2n) is 10.3. The van der Waals surface area contributed by atoms with Crippen LogP contribution in [0.4, 0.5) is 11.4 Å². The standard InChI is InChI=1S/C30H30N8O3/c1-21-6-5-9-23-20-26(30(39)31-27(21)23)28(29-32-33-34-37(29)15-14-22-7-3-2-4-8-22)36-18-16-35(17-19-36)24-10-12-25(13-11-24)38(40)41/h2-13,20,28H,14-19H2,1H3,(H,31,39)/t28-/m1/s1. The first-order valence-electron chi connectivity index (χ1n) is 13.6. The molecule has 1 aliphatic rings. The van der Waals surface area contributed by atoms with E-state index in [1.54, 1.807) is 16.8 Å². The molecule has 1 saturated heterocycles. The largest absolute Gasteiger partial charge is 0.369 e. The second kappa shape index (κ2) is 11.3. The number of nitrogens with one attached hydrogen (secondary N) is 1. The fourth-order valence-electron chi connectivity index (χ4n) is 5.57. The summed E-state index contributed by atoms with van der Waals surface area (Å²) < 4.78 is 1.81. The van der Waals surface area contributed by atoms with Gasteiger partial charge in [-0.1, -0.05) is 48.5 Å². The molecule has 6 rings (SSSR count). The summed E-state index contributed by atoms with van der Waals surface area (Å²) >= 11 is 0. The van der Waals surface area contributed by atoms with E-state index in [-0.39, 0.29) is 11.2 Å². The zero-order valence-corrected chi connectivity index (χ0v) is 22.7. The molecule has 1 atom stereocenters. The van der Waals surface area contributed by atoms with Crippen molar-refractivity contribution in [1.29, 1.82) is 0 Å². The summed E-state index contributed by atoms with van der Waals surface area (Å²) in [5.74, 6) is 0.627. The lowest BCUT2D eigenvalue weighted by Crippen LogP contribution is -2.49. The van der Waals surface area contributed by atoms with Gasteiger partial charge < -0.3 is 9.88 Å². The molecule has 3 aromatic carbocycles. The molecule has 0 unspecified atom stereocenters. The molecule has 0 bridgehead atoms. The number of H-pyrrole nitrogens is 1. The number of nitro groups is 1. The Morgan fingerprint density at radius 3 is 2.46 bits per heavy atom. The van der Waals surface area contributed by atoms with Crippen molar-refractivity contribution in [3.05, 3.63) is 122 Å². The number of para-hydroxylation sites is 1. The molecule has 0 radical (unpaired) electrons. The molecule has 3 heterocycles. The van der Waals surface area contributed by atoms with E-state index in [0.717, 1.165) is 28.6 Å². The summed E-state index contributed by atoms with van der Waals surface area (Å²) in [4.78, 5) is 31.8. The highest BCUT2D eigenvalue weighted by molar-refractivity contribution is 5.82. The van der Waals surface area contributed by atoms with Crippen molar-refractivity contribution in [3.63, 3.8) is 0 Å². The van der Waals surface area contributed by atoms with E-state index in [1.165, 1.54) is 17.7 Å². The van der Waals surface area contributed by atoms with E-state index < -0.39 is 11.0 Å². The molecule has 0 aliphatic carbocycles. The Morgan fingerprint density at radius 1 is 0.976 bits per heavy atom. The summed E-state index contributed by atoms with van der Waals surface area (Å²) in [7, 11) is 0. The first-order valence-corrected chi connectivity index (χ1v) is 13.6. The predicted octanol–water partition coefficient (Wildman–Crippen LogP) is 3.89. The van der Waals surface area contributed by atoms with Gasteiger partial charge in [-0.15, -0.1) is 5.10 Å². The monoisotopic (exact) mass is 550 g/mol. The molecule has 1 aliphatic heterocycles. The first kappa shape index (κ1) is 26.3. The van der Waals surface area contributed by atoms with Crippen molar-refractivity contribution in [2.24, 2.45) is 0 Å². The van der Waals surface area contributed by atoms with Gasteiger partial charge in [0.05, 0.1) is 10.4 Å². The van der Waals surface area contributed by atoms with Crippen molar-refractivity contribution in [2.45, 2.75) is 25.9 Å². The second-order valence-corrected chi connectivity index (χ2v) is 10.3. The number of tetrazole rings is 1. The molecule has 11 heteroatoms. The van der Waals surface area contributed by atoms with Gasteiger partial charge in [-0.2, -0.15) is 0 Å². The Labute approximate surface area is 236 Å². The predicted molar refractivity (Wildman–Crippen MR) is 156 cm³/mol. The minimum atomic E-state index is -0.451. The normalized spacial score (nSPS) is 14.8. The maximum Gasteiger partial charge on any atom is 0.269 e. The number of pyridine rings is 1. The van der Waals surface area contributed by atoms with E-state index in [4.69, 9.17) is 0 Å². The van der Waals surface area contributed by atoms with Crippen LogP contribution in [0.5, 0.6) is 0 Å². The molecular weight excluding hydrogens is 520 g/mol. The third kappa shape index (κ3) is 5.44. The highest BCUT2D eigenvalue weighted by atomic mass is 16.6. The molecule has 208 valence electrons. The van der Waals surface area contributed by atoms with Gasteiger partial charge in [0.25, 0.3) is 11.2 Å². The number of hydrogen-bond donors (Lipinski definition) is 1. The molecular formula is C30H30N8O3. The van der Waals surface area contributed by atoms with Gasteiger partial charge in [-0.25, -0.2) is 4.68 Å². The van der Waals surface area contributed by atoms with Crippen molar-refractivity contribution in [2.75, 3.05) is 31.1 Å². The zero-order valence-electron chi connectivity index (χ0n) is 22.7. The first-order chi connectivity index (χ1) is 20.0. The highest BCUT2D eigenvalue weighted by Gasteiger charge is 2.33. The number of hydrogen-bond acceptors (Lipinski definition) is 8. The van der Waals surface area contributed by atoms with Gasteiger partial charge in [0.15, 0.2) is 5.82 Å². The van der Waals surface area contributed by atoms with Crippen LogP contribution in [0.2, 0.25) is 0 Å². The van der Waals surface area contributed by atoms with Crippen LogP contribution in [0, 0.1) is 17.0 Å². The van der Waals surface area contributed by atoms with Crippen LogP contribution in [0.15, 0.2) is 83.7 Å². The zero-order chi connectivity index (χ0) is 28.3. The van der Waals surface area contributed by atoms with Gasteiger partial charge in [0.1, 0.15) is 6.04 Å². The van der Waals surface area contributed by atoms with Crippen LogP contribution in [0.1, 0.15) is 28.6 Å². The molecule has 0 spiro atoms. The number of piperazine rings is 1.